The number of aryl methyl sites for hydroxylation is 1. The van der Waals surface area contributed by atoms with Gasteiger partial charge in [-0.2, -0.15) is 0 Å². The van der Waals surface area contributed by atoms with Crippen molar-refractivity contribution in [1.82, 2.24) is 4.98 Å². The Bertz CT molecular complexity index is 1140. The van der Waals surface area contributed by atoms with Gasteiger partial charge in [-0.3, -0.25) is 4.98 Å². The molecule has 28 heavy (non-hydrogen) atoms. The van der Waals surface area contributed by atoms with E-state index in [0.29, 0.717) is 5.69 Å². The number of nitrogens with zero attached hydrogens (tertiary/aromatic N) is 3. The SMILES string of the molecule is Cc1nc2ccccc2c(N2CCN(c3ccccc3S(N)(=O)=O)CC2)c1C. The number of hydrogen-bond donors (Lipinski definition) is 1. The van der Waals surface area contributed by atoms with Crippen LogP contribution in [-0.4, -0.2) is 39.6 Å². The van der Waals surface area contributed by atoms with Crippen LogP contribution >= 0.6 is 0 Å². The lowest BCUT2D eigenvalue weighted by atomic mass is 10.1. The average molecular weight is 397 g/mol. The molecule has 0 spiro atoms. The minimum Gasteiger partial charge on any atom is -0.367 e. The second-order valence-electron chi connectivity index (χ2n) is 7.17. The number of para-hydroxylation sites is 2. The first-order valence-corrected chi connectivity index (χ1v) is 10.9. The Labute approximate surface area is 165 Å². The summed E-state index contributed by atoms with van der Waals surface area (Å²) >= 11 is 0. The van der Waals surface area contributed by atoms with E-state index >= 15 is 0 Å². The quantitative estimate of drug-likeness (QED) is 0.736. The van der Waals surface area contributed by atoms with Crippen molar-refractivity contribution in [3.8, 4) is 0 Å². The number of benzene rings is 2. The van der Waals surface area contributed by atoms with Crippen molar-refractivity contribution in [1.29, 1.82) is 0 Å². The van der Waals surface area contributed by atoms with Crippen LogP contribution in [0.4, 0.5) is 11.4 Å². The van der Waals surface area contributed by atoms with Crippen molar-refractivity contribution in [3.63, 3.8) is 0 Å². The van der Waals surface area contributed by atoms with Crippen molar-refractivity contribution >= 4 is 32.3 Å². The number of fused-ring (bicyclic) bond motifs is 1. The topological polar surface area (TPSA) is 79.5 Å². The molecule has 146 valence electrons. The molecular weight excluding hydrogens is 372 g/mol. The number of primary sulfonamides is 1. The zero-order valence-electron chi connectivity index (χ0n) is 16.1. The van der Waals surface area contributed by atoms with Crippen molar-refractivity contribution in [3.05, 3.63) is 59.8 Å². The largest absolute Gasteiger partial charge is 0.367 e. The maximum atomic E-state index is 11.9. The molecule has 4 rings (SSSR count). The molecule has 1 aliphatic heterocycles. The van der Waals surface area contributed by atoms with E-state index < -0.39 is 10.0 Å². The number of nitrogens with two attached hydrogens (primary N) is 1. The fraction of sp³-hybridized carbons (Fsp3) is 0.286. The highest BCUT2D eigenvalue weighted by atomic mass is 32.2. The number of sulfonamides is 1. The van der Waals surface area contributed by atoms with Gasteiger partial charge < -0.3 is 9.80 Å². The summed E-state index contributed by atoms with van der Waals surface area (Å²) in [6, 6.07) is 15.2. The van der Waals surface area contributed by atoms with Crippen LogP contribution in [0, 0.1) is 13.8 Å². The molecule has 0 bridgehead atoms. The monoisotopic (exact) mass is 396 g/mol. The van der Waals surface area contributed by atoms with Gasteiger partial charge >= 0.3 is 0 Å². The average Bonchev–Trinajstić information content (AvgIpc) is 2.69. The summed E-state index contributed by atoms with van der Waals surface area (Å²) in [7, 11) is -3.75. The van der Waals surface area contributed by atoms with E-state index in [4.69, 9.17) is 10.1 Å². The number of hydrogen-bond acceptors (Lipinski definition) is 5. The Morgan fingerprint density at radius 2 is 1.50 bits per heavy atom. The first kappa shape index (κ1) is 18.7. The summed E-state index contributed by atoms with van der Waals surface area (Å²) in [5, 5.41) is 6.57. The molecule has 0 radical (unpaired) electrons. The molecule has 2 heterocycles. The molecule has 7 heteroatoms. The number of anilines is 2. The van der Waals surface area contributed by atoms with Crippen LogP contribution in [0.1, 0.15) is 11.3 Å². The zero-order valence-corrected chi connectivity index (χ0v) is 16.9. The van der Waals surface area contributed by atoms with Gasteiger partial charge in [0.2, 0.25) is 10.0 Å². The molecule has 1 aromatic heterocycles. The van der Waals surface area contributed by atoms with E-state index in [1.165, 1.54) is 11.3 Å². The fourth-order valence-corrected chi connectivity index (χ4v) is 4.70. The van der Waals surface area contributed by atoms with Crippen LogP contribution in [0.3, 0.4) is 0 Å². The summed E-state index contributed by atoms with van der Waals surface area (Å²) in [5.74, 6) is 0. The van der Waals surface area contributed by atoms with E-state index in [1.54, 1.807) is 12.1 Å². The third kappa shape index (κ3) is 3.31. The normalized spacial score (nSPS) is 15.2. The molecule has 1 aliphatic rings. The zero-order chi connectivity index (χ0) is 19.9. The molecule has 0 amide bonds. The molecule has 0 saturated carbocycles. The van der Waals surface area contributed by atoms with Crippen LogP contribution in [0.5, 0.6) is 0 Å². The van der Waals surface area contributed by atoms with Gasteiger partial charge in [-0.05, 0) is 37.6 Å². The van der Waals surface area contributed by atoms with Crippen molar-refractivity contribution in [2.24, 2.45) is 5.14 Å². The number of pyridine rings is 1. The van der Waals surface area contributed by atoms with Gasteiger partial charge in [0.05, 0.1) is 16.9 Å². The minimum atomic E-state index is -3.75. The van der Waals surface area contributed by atoms with E-state index in [9.17, 15) is 8.42 Å². The number of piperazine rings is 1. The number of aromatic nitrogens is 1. The Morgan fingerprint density at radius 3 is 2.21 bits per heavy atom. The summed E-state index contributed by atoms with van der Waals surface area (Å²) in [5.41, 5.74) is 5.13. The standard InChI is InChI=1S/C21H24N4O2S/c1-15-16(2)23-18-8-4-3-7-17(18)21(15)25-13-11-24(12-14-25)19-9-5-6-10-20(19)28(22,26)27/h3-10H,11-14H2,1-2H3,(H2,22,26,27). The maximum Gasteiger partial charge on any atom is 0.240 e. The van der Waals surface area contributed by atoms with Crippen LogP contribution in [0.15, 0.2) is 53.4 Å². The summed E-state index contributed by atoms with van der Waals surface area (Å²) in [4.78, 5) is 9.38. The highest BCUT2D eigenvalue weighted by Gasteiger charge is 2.24. The molecule has 3 aromatic rings. The minimum absolute atomic E-state index is 0.185. The molecular formula is C21H24N4O2S. The lowest BCUT2D eigenvalue weighted by Gasteiger charge is -2.39. The molecule has 1 fully saturated rings. The first-order valence-electron chi connectivity index (χ1n) is 9.34. The smallest absolute Gasteiger partial charge is 0.240 e. The third-order valence-electron chi connectivity index (χ3n) is 5.45. The van der Waals surface area contributed by atoms with Gasteiger partial charge in [0, 0.05) is 37.3 Å². The molecule has 6 nitrogen and oxygen atoms in total. The Morgan fingerprint density at radius 1 is 0.893 bits per heavy atom. The van der Waals surface area contributed by atoms with Crippen LogP contribution < -0.4 is 14.9 Å². The van der Waals surface area contributed by atoms with E-state index in [2.05, 4.69) is 22.8 Å². The molecule has 0 atom stereocenters. The summed E-state index contributed by atoms with van der Waals surface area (Å²) in [6.45, 7) is 7.21. The predicted molar refractivity (Wildman–Crippen MR) is 113 cm³/mol. The van der Waals surface area contributed by atoms with Crippen LogP contribution in [0.2, 0.25) is 0 Å². The molecule has 2 N–H and O–H groups in total. The number of rotatable bonds is 3. The second-order valence-corrected chi connectivity index (χ2v) is 8.70. The molecule has 0 unspecified atom stereocenters. The third-order valence-corrected chi connectivity index (χ3v) is 6.41. The molecule has 0 aliphatic carbocycles. The van der Waals surface area contributed by atoms with Crippen molar-refractivity contribution in [2.75, 3.05) is 36.0 Å². The lowest BCUT2D eigenvalue weighted by molar-refractivity contribution is 0.595. The van der Waals surface area contributed by atoms with Gasteiger partial charge in [-0.15, -0.1) is 0 Å². The van der Waals surface area contributed by atoms with Crippen LogP contribution in [-0.2, 0) is 10.0 Å². The Balaban J connectivity index is 1.65. The van der Waals surface area contributed by atoms with Crippen LogP contribution in [0.25, 0.3) is 10.9 Å². The first-order chi connectivity index (χ1) is 13.4. The summed E-state index contributed by atoms with van der Waals surface area (Å²) in [6.07, 6.45) is 0. The highest BCUT2D eigenvalue weighted by Crippen LogP contribution is 2.33. The van der Waals surface area contributed by atoms with Gasteiger partial charge in [0.1, 0.15) is 4.90 Å². The van der Waals surface area contributed by atoms with Gasteiger partial charge in [0.25, 0.3) is 0 Å². The Hall–Kier alpha value is -2.64. The maximum absolute atomic E-state index is 11.9. The second kappa shape index (κ2) is 7.07. The fourth-order valence-electron chi connectivity index (χ4n) is 3.95. The van der Waals surface area contributed by atoms with E-state index in [-0.39, 0.29) is 4.90 Å². The van der Waals surface area contributed by atoms with Crippen molar-refractivity contribution < 1.29 is 8.42 Å². The van der Waals surface area contributed by atoms with Gasteiger partial charge in [-0.25, -0.2) is 13.6 Å². The molecule has 1 saturated heterocycles. The lowest BCUT2D eigenvalue weighted by Crippen LogP contribution is -2.47. The van der Waals surface area contributed by atoms with E-state index in [0.717, 1.165) is 42.8 Å². The molecule has 2 aromatic carbocycles. The van der Waals surface area contributed by atoms with Crippen molar-refractivity contribution in [2.45, 2.75) is 18.7 Å². The van der Waals surface area contributed by atoms with E-state index in [1.807, 2.05) is 37.3 Å². The summed E-state index contributed by atoms with van der Waals surface area (Å²) < 4.78 is 23.9. The Kier molecular flexibility index (Phi) is 4.72. The van der Waals surface area contributed by atoms with Gasteiger partial charge in [-0.1, -0.05) is 30.3 Å². The van der Waals surface area contributed by atoms with Gasteiger partial charge in [0.15, 0.2) is 0 Å². The predicted octanol–water partition coefficient (Wildman–Crippen LogP) is 2.83. The highest BCUT2D eigenvalue weighted by molar-refractivity contribution is 7.89.